The van der Waals surface area contributed by atoms with E-state index in [0.29, 0.717) is 27.7 Å². The molecule has 0 aliphatic heterocycles. The van der Waals surface area contributed by atoms with Gasteiger partial charge in [0.05, 0.1) is 16.4 Å². The van der Waals surface area contributed by atoms with Gasteiger partial charge in [-0.25, -0.2) is 9.37 Å². The molecule has 28 heavy (non-hydrogen) atoms. The van der Waals surface area contributed by atoms with Gasteiger partial charge in [-0.1, -0.05) is 23.7 Å². The molecule has 4 aromatic rings. The zero-order chi connectivity index (χ0) is 19.8. The first-order valence-corrected chi connectivity index (χ1v) is 9.06. The molecule has 0 atom stereocenters. The Kier molecular flexibility index (Phi) is 4.65. The van der Waals surface area contributed by atoms with Gasteiger partial charge < -0.3 is 4.74 Å². The highest BCUT2D eigenvalue weighted by molar-refractivity contribution is 6.31. The minimum Gasteiger partial charge on any atom is -0.485 e. The fraction of sp³-hybridized carbons (Fsp3) is 0.143. The Morgan fingerprint density at radius 2 is 2.00 bits per heavy atom. The average Bonchev–Trinajstić information content (AvgIpc) is 2.96. The van der Waals surface area contributed by atoms with E-state index in [0.717, 1.165) is 11.4 Å². The van der Waals surface area contributed by atoms with Crippen LogP contribution in [0, 0.1) is 19.7 Å². The van der Waals surface area contributed by atoms with Crippen LogP contribution in [-0.2, 0) is 6.61 Å². The van der Waals surface area contributed by atoms with Crippen LogP contribution in [0.25, 0.3) is 11.3 Å². The van der Waals surface area contributed by atoms with Crippen LogP contribution in [0.5, 0.6) is 5.75 Å². The van der Waals surface area contributed by atoms with Crippen LogP contribution < -0.4 is 10.3 Å². The molecule has 4 rings (SSSR count). The van der Waals surface area contributed by atoms with Crippen LogP contribution in [0.4, 0.5) is 4.39 Å². The lowest BCUT2D eigenvalue weighted by molar-refractivity contribution is 0.308. The fourth-order valence-corrected chi connectivity index (χ4v) is 3.22. The molecule has 0 amide bonds. The Labute approximate surface area is 165 Å². The first-order valence-electron chi connectivity index (χ1n) is 8.68. The lowest BCUT2D eigenvalue weighted by Crippen LogP contribution is -2.16. The van der Waals surface area contributed by atoms with Crippen LogP contribution >= 0.6 is 11.6 Å². The average molecular weight is 398 g/mol. The number of aromatic nitrogens is 3. The second kappa shape index (κ2) is 7.13. The number of nitrogens with zero attached hydrogens (tertiary/aromatic N) is 3. The highest BCUT2D eigenvalue weighted by Gasteiger charge is 2.14. The van der Waals surface area contributed by atoms with Gasteiger partial charge in [-0.05, 0) is 32.0 Å². The number of halogens is 2. The molecule has 142 valence electrons. The summed E-state index contributed by atoms with van der Waals surface area (Å²) >= 11 is 6.10. The number of rotatable bonds is 4. The number of ether oxygens (including phenoxy) is 1. The molecule has 0 N–H and O–H groups in total. The SMILES string of the molecule is Cc1nc2c(OCc3ccc(F)cc3Cl)cc(-n3ccccc3=O)cn2c1C. The maximum absolute atomic E-state index is 13.3. The second-order valence-electron chi connectivity index (χ2n) is 6.47. The highest BCUT2D eigenvalue weighted by atomic mass is 35.5. The van der Waals surface area contributed by atoms with Crippen LogP contribution in [0.15, 0.2) is 59.7 Å². The summed E-state index contributed by atoms with van der Waals surface area (Å²) in [4.78, 5) is 16.8. The van der Waals surface area contributed by atoms with Crippen LogP contribution in [0.2, 0.25) is 5.02 Å². The van der Waals surface area contributed by atoms with E-state index in [1.165, 1.54) is 22.8 Å². The van der Waals surface area contributed by atoms with Crippen LogP contribution in [0.1, 0.15) is 17.0 Å². The number of benzene rings is 1. The van der Waals surface area contributed by atoms with Gasteiger partial charge in [0.2, 0.25) is 0 Å². The Bertz CT molecular complexity index is 1250. The van der Waals surface area contributed by atoms with Crippen molar-refractivity contribution in [1.29, 1.82) is 0 Å². The largest absolute Gasteiger partial charge is 0.485 e. The summed E-state index contributed by atoms with van der Waals surface area (Å²) in [5.74, 6) is 0.103. The Balaban J connectivity index is 1.81. The minimum atomic E-state index is -0.402. The van der Waals surface area contributed by atoms with E-state index < -0.39 is 5.82 Å². The van der Waals surface area contributed by atoms with E-state index in [1.54, 1.807) is 30.5 Å². The number of hydrogen-bond acceptors (Lipinski definition) is 3. The molecule has 0 bridgehead atoms. The zero-order valence-electron chi connectivity index (χ0n) is 15.3. The summed E-state index contributed by atoms with van der Waals surface area (Å²) in [6.45, 7) is 4.01. The molecule has 0 spiro atoms. The molecule has 5 nitrogen and oxygen atoms in total. The molecule has 3 heterocycles. The van der Waals surface area contributed by atoms with Gasteiger partial charge in [-0.2, -0.15) is 0 Å². The van der Waals surface area contributed by atoms with Crippen molar-refractivity contribution >= 4 is 17.2 Å². The predicted molar refractivity (Wildman–Crippen MR) is 106 cm³/mol. The Hall–Kier alpha value is -3.12. The molecular weight excluding hydrogens is 381 g/mol. The predicted octanol–water partition coefficient (Wildman–Crippen LogP) is 4.47. The van der Waals surface area contributed by atoms with Crippen molar-refractivity contribution in [2.75, 3.05) is 0 Å². The van der Waals surface area contributed by atoms with Crippen molar-refractivity contribution < 1.29 is 9.13 Å². The quantitative estimate of drug-likeness (QED) is 0.510. The third kappa shape index (κ3) is 3.27. The van der Waals surface area contributed by atoms with E-state index in [4.69, 9.17) is 16.3 Å². The molecule has 0 saturated carbocycles. The summed E-state index contributed by atoms with van der Waals surface area (Å²) in [5.41, 5.74) is 3.61. The van der Waals surface area contributed by atoms with Gasteiger partial charge in [0.25, 0.3) is 5.56 Å². The lowest BCUT2D eigenvalue weighted by Gasteiger charge is -2.13. The minimum absolute atomic E-state index is 0.146. The fourth-order valence-electron chi connectivity index (χ4n) is 3.00. The maximum Gasteiger partial charge on any atom is 0.255 e. The topological polar surface area (TPSA) is 48.5 Å². The normalized spacial score (nSPS) is 11.1. The van der Waals surface area contributed by atoms with E-state index >= 15 is 0 Å². The molecule has 0 aliphatic rings. The molecule has 0 aliphatic carbocycles. The summed E-state index contributed by atoms with van der Waals surface area (Å²) < 4.78 is 22.7. The van der Waals surface area contributed by atoms with Crippen molar-refractivity contribution in [2.45, 2.75) is 20.5 Å². The van der Waals surface area contributed by atoms with Gasteiger partial charge in [-0.15, -0.1) is 0 Å². The third-order valence-corrected chi connectivity index (χ3v) is 5.00. The summed E-state index contributed by atoms with van der Waals surface area (Å²) in [6, 6.07) is 10.9. The third-order valence-electron chi connectivity index (χ3n) is 4.65. The van der Waals surface area contributed by atoms with Gasteiger partial charge in [-0.3, -0.25) is 13.8 Å². The second-order valence-corrected chi connectivity index (χ2v) is 6.88. The molecule has 0 fully saturated rings. The molecule has 7 heteroatoms. The smallest absolute Gasteiger partial charge is 0.255 e. The first-order chi connectivity index (χ1) is 13.4. The van der Waals surface area contributed by atoms with Crippen molar-refractivity contribution in [2.24, 2.45) is 0 Å². The lowest BCUT2D eigenvalue weighted by atomic mass is 10.2. The zero-order valence-corrected chi connectivity index (χ0v) is 16.1. The number of aryl methyl sites for hydroxylation is 2. The number of pyridine rings is 2. The van der Waals surface area contributed by atoms with Crippen LogP contribution in [-0.4, -0.2) is 14.0 Å². The highest BCUT2D eigenvalue weighted by Crippen LogP contribution is 2.27. The van der Waals surface area contributed by atoms with Gasteiger partial charge in [0.1, 0.15) is 12.4 Å². The van der Waals surface area contributed by atoms with Gasteiger partial charge in [0, 0.05) is 35.8 Å². The maximum atomic E-state index is 13.3. The number of imidazole rings is 1. The van der Waals surface area contributed by atoms with Crippen molar-refractivity contribution in [1.82, 2.24) is 14.0 Å². The molecule has 1 aromatic carbocycles. The number of fused-ring (bicyclic) bond motifs is 1. The summed E-state index contributed by atoms with van der Waals surface area (Å²) in [5, 5.41) is 0.294. The van der Waals surface area contributed by atoms with Gasteiger partial charge in [0.15, 0.2) is 11.4 Å². The molecule has 0 radical (unpaired) electrons. The van der Waals surface area contributed by atoms with Crippen molar-refractivity contribution in [3.63, 3.8) is 0 Å². The van der Waals surface area contributed by atoms with E-state index in [2.05, 4.69) is 4.98 Å². The molecule has 0 unspecified atom stereocenters. The first kappa shape index (κ1) is 18.3. The number of hydrogen-bond donors (Lipinski definition) is 0. The molecule has 0 saturated heterocycles. The van der Waals surface area contributed by atoms with E-state index in [9.17, 15) is 9.18 Å². The molecular formula is C21H17ClFN3O2. The van der Waals surface area contributed by atoms with Gasteiger partial charge >= 0.3 is 0 Å². The molecule has 3 aromatic heterocycles. The summed E-state index contributed by atoms with van der Waals surface area (Å²) in [6.07, 6.45) is 3.55. The van der Waals surface area contributed by atoms with Crippen molar-refractivity contribution in [3.8, 4) is 11.4 Å². The van der Waals surface area contributed by atoms with E-state index in [-0.39, 0.29) is 12.2 Å². The van der Waals surface area contributed by atoms with E-state index in [1.807, 2.05) is 24.4 Å². The van der Waals surface area contributed by atoms with Crippen molar-refractivity contribution in [3.05, 3.63) is 93.0 Å². The van der Waals surface area contributed by atoms with Crippen LogP contribution in [0.3, 0.4) is 0 Å². The Morgan fingerprint density at radius 1 is 1.18 bits per heavy atom. The monoisotopic (exact) mass is 397 g/mol. The Morgan fingerprint density at radius 3 is 2.75 bits per heavy atom. The summed E-state index contributed by atoms with van der Waals surface area (Å²) in [7, 11) is 0. The standard InChI is InChI=1S/C21H17ClFN3O2/c1-13-14(2)26-11-17(25-8-4-3-5-20(25)27)10-19(21(26)24-13)28-12-15-6-7-16(23)9-18(15)22/h3-11H,12H2,1-2H3.